The number of carboxylic acid groups (broad SMARTS) is 2. The maximum Gasteiger partial charge on any atom is 0.328 e. The first kappa shape index (κ1) is 40.9. The van der Waals surface area contributed by atoms with Gasteiger partial charge in [-0.25, -0.2) is 9.59 Å². The maximum absolute atomic E-state index is 11.9. The van der Waals surface area contributed by atoms with Crippen LogP contribution in [0.15, 0.2) is 103 Å². The average Bonchev–Trinajstić information content (AvgIpc) is 3.82. The lowest BCUT2D eigenvalue weighted by atomic mass is 9.88. The molecule has 3 aromatic carbocycles. The Morgan fingerprint density at radius 3 is 2.13 bits per heavy atom. The SMILES string of the molecule is CN1CCCC1CCOC(C)(c1ccccc1)c1ccc(Cl)cc1.O=C(C=CC=Cc1ccc2c(c1)OCO2)N1CCCCC1.O=C(O)C=CC(=O)O. The number of hydrogen-bond acceptors (Lipinski definition) is 7. The minimum atomic E-state index is -1.26. The Balaban J connectivity index is 0.000000198. The number of halogens is 1. The maximum atomic E-state index is 11.9. The quantitative estimate of drug-likeness (QED) is 0.149. The van der Waals surface area contributed by atoms with E-state index in [4.69, 9.17) is 36.0 Å². The molecular weight excluding hydrogens is 696 g/mol. The highest BCUT2D eigenvalue weighted by Crippen LogP contribution is 2.35. The molecule has 0 aliphatic carbocycles. The van der Waals surface area contributed by atoms with E-state index >= 15 is 0 Å². The predicted molar refractivity (Wildman–Crippen MR) is 206 cm³/mol. The fourth-order valence-corrected chi connectivity index (χ4v) is 6.41. The third-order valence-corrected chi connectivity index (χ3v) is 9.56. The lowest BCUT2D eigenvalue weighted by Gasteiger charge is -2.32. The molecule has 0 radical (unpaired) electrons. The number of ether oxygens (including phenoxy) is 3. The fraction of sp³-hybridized carbons (Fsp3) is 0.357. The van der Waals surface area contributed by atoms with Crippen LogP contribution in [-0.4, -0.2) is 84.0 Å². The Morgan fingerprint density at radius 2 is 1.49 bits per heavy atom. The smallest absolute Gasteiger partial charge is 0.328 e. The van der Waals surface area contributed by atoms with E-state index in [1.807, 2.05) is 53.5 Å². The lowest BCUT2D eigenvalue weighted by Crippen LogP contribution is -2.34. The van der Waals surface area contributed by atoms with Gasteiger partial charge in [-0.2, -0.15) is 0 Å². The summed E-state index contributed by atoms with van der Waals surface area (Å²) < 4.78 is 17.1. The number of benzene rings is 3. The van der Waals surface area contributed by atoms with Gasteiger partial charge in [0.05, 0.1) is 0 Å². The van der Waals surface area contributed by atoms with E-state index in [0.29, 0.717) is 18.2 Å². The number of piperidine rings is 1. The molecule has 2 N–H and O–H groups in total. The number of allylic oxidation sites excluding steroid dienone is 2. The largest absolute Gasteiger partial charge is 0.478 e. The van der Waals surface area contributed by atoms with Crippen LogP contribution < -0.4 is 9.47 Å². The van der Waals surface area contributed by atoms with Gasteiger partial charge in [0, 0.05) is 49.0 Å². The molecule has 10 nitrogen and oxygen atoms in total. The molecule has 3 aromatic rings. The molecule has 0 spiro atoms. The monoisotopic (exact) mass is 744 g/mol. The van der Waals surface area contributed by atoms with Gasteiger partial charge in [-0.3, -0.25) is 4.79 Å². The molecule has 2 unspecified atom stereocenters. The summed E-state index contributed by atoms with van der Waals surface area (Å²) in [6.45, 7) is 6.17. The highest BCUT2D eigenvalue weighted by atomic mass is 35.5. The van der Waals surface area contributed by atoms with E-state index in [-0.39, 0.29) is 12.7 Å². The van der Waals surface area contributed by atoms with Crippen LogP contribution in [0.1, 0.15) is 62.1 Å². The number of aliphatic carboxylic acids is 2. The standard InChI is InChI=1S/C21H26ClNO.C17H19NO3.C4H4O4/c1-21(17-7-4-3-5-8-17,18-10-12-19(22)13-11-18)24-16-14-20-9-6-15-23(20)2;19-17(18-10-4-1-5-11-18)7-3-2-6-14-8-9-15-16(12-14)21-13-20-15;5-3(6)1-2-4(7)8/h3-5,7-8,10-13,20H,6,9,14-16H2,1-2H3;2-3,6-9,12H,1,4-5,10-11,13H2;1-2H,(H,5,6)(H,7,8). The number of carboxylic acids is 2. The first-order valence-electron chi connectivity index (χ1n) is 17.9. The zero-order valence-electron chi connectivity index (χ0n) is 30.4. The summed E-state index contributed by atoms with van der Waals surface area (Å²) in [4.78, 5) is 35.4. The van der Waals surface area contributed by atoms with Crippen molar-refractivity contribution < 1.29 is 38.8 Å². The normalized spacial score (nSPS) is 17.9. The summed E-state index contributed by atoms with van der Waals surface area (Å²) in [5.74, 6) is -0.863. The molecule has 3 aliphatic heterocycles. The Bertz CT molecular complexity index is 1700. The van der Waals surface area contributed by atoms with E-state index < -0.39 is 17.5 Å². The molecule has 3 aliphatic rings. The second-order valence-corrected chi connectivity index (χ2v) is 13.5. The second kappa shape index (κ2) is 21.0. The molecular formula is C42H49ClN2O8. The minimum absolute atomic E-state index is 0.102. The average molecular weight is 745 g/mol. The van der Waals surface area contributed by atoms with Gasteiger partial charge in [0.15, 0.2) is 11.5 Å². The Labute approximate surface area is 316 Å². The van der Waals surface area contributed by atoms with Crippen molar-refractivity contribution in [3.63, 3.8) is 0 Å². The molecule has 2 atom stereocenters. The fourth-order valence-electron chi connectivity index (χ4n) is 6.28. The van der Waals surface area contributed by atoms with Crippen LogP contribution in [0, 0.1) is 0 Å². The number of fused-ring (bicyclic) bond motifs is 1. The van der Waals surface area contributed by atoms with E-state index in [2.05, 4.69) is 55.3 Å². The topological polar surface area (TPSA) is 126 Å². The van der Waals surface area contributed by atoms with Crippen LogP contribution in [0.25, 0.3) is 6.08 Å². The summed E-state index contributed by atoms with van der Waals surface area (Å²) in [6.07, 6.45) is 15.5. The van der Waals surface area contributed by atoms with E-state index in [1.54, 1.807) is 12.2 Å². The van der Waals surface area contributed by atoms with Crippen LogP contribution in [0.2, 0.25) is 5.02 Å². The Morgan fingerprint density at radius 1 is 0.830 bits per heavy atom. The highest BCUT2D eigenvalue weighted by Gasteiger charge is 2.31. The third kappa shape index (κ3) is 13.2. The summed E-state index contributed by atoms with van der Waals surface area (Å²) in [5, 5.41) is 16.4. The zero-order valence-corrected chi connectivity index (χ0v) is 31.1. The van der Waals surface area contributed by atoms with E-state index in [1.165, 1.54) is 31.4 Å². The van der Waals surface area contributed by atoms with Crippen LogP contribution >= 0.6 is 11.6 Å². The van der Waals surface area contributed by atoms with Crippen LogP contribution in [-0.2, 0) is 24.7 Å². The summed E-state index contributed by atoms with van der Waals surface area (Å²) >= 11 is 6.07. The minimum Gasteiger partial charge on any atom is -0.478 e. The van der Waals surface area contributed by atoms with Crippen molar-refractivity contribution >= 4 is 35.5 Å². The molecule has 53 heavy (non-hydrogen) atoms. The molecule has 1 amide bonds. The van der Waals surface area contributed by atoms with Gasteiger partial charge in [0.2, 0.25) is 12.7 Å². The van der Waals surface area contributed by atoms with Gasteiger partial charge < -0.3 is 34.2 Å². The molecule has 2 saturated heterocycles. The second-order valence-electron chi connectivity index (χ2n) is 13.0. The van der Waals surface area contributed by atoms with Gasteiger partial charge in [0.25, 0.3) is 0 Å². The molecule has 0 bridgehead atoms. The van der Waals surface area contributed by atoms with Crippen molar-refractivity contribution in [3.05, 3.63) is 125 Å². The van der Waals surface area contributed by atoms with Crippen molar-refractivity contribution in [2.75, 3.05) is 40.1 Å². The molecule has 11 heteroatoms. The van der Waals surface area contributed by atoms with E-state index in [9.17, 15) is 14.4 Å². The van der Waals surface area contributed by atoms with Gasteiger partial charge >= 0.3 is 11.9 Å². The first-order valence-corrected chi connectivity index (χ1v) is 18.3. The summed E-state index contributed by atoms with van der Waals surface area (Å²) in [5.41, 5.74) is 2.88. The molecule has 0 saturated carbocycles. The number of nitrogens with zero attached hydrogens (tertiary/aromatic N) is 2. The number of carbonyl (C=O) groups excluding carboxylic acids is 1. The van der Waals surface area contributed by atoms with Gasteiger partial charge in [-0.15, -0.1) is 0 Å². The van der Waals surface area contributed by atoms with Crippen molar-refractivity contribution in [1.82, 2.24) is 9.80 Å². The predicted octanol–water partition coefficient (Wildman–Crippen LogP) is 7.81. The molecule has 2 fully saturated rings. The molecule has 0 aromatic heterocycles. The first-order chi connectivity index (χ1) is 25.5. The van der Waals surface area contributed by atoms with Crippen LogP contribution in [0.3, 0.4) is 0 Å². The molecule has 282 valence electrons. The number of carbonyl (C=O) groups is 3. The Hall–Kier alpha value is -4.90. The Kier molecular flexibility index (Phi) is 16.2. The number of amides is 1. The number of likely N-dealkylation sites (tertiary alicyclic amines) is 2. The molecule has 6 rings (SSSR count). The molecule has 3 heterocycles. The van der Waals surface area contributed by atoms with Crippen molar-refractivity contribution in [1.29, 1.82) is 0 Å². The van der Waals surface area contributed by atoms with E-state index in [0.717, 1.165) is 66.6 Å². The highest BCUT2D eigenvalue weighted by molar-refractivity contribution is 6.30. The van der Waals surface area contributed by atoms with Crippen molar-refractivity contribution in [3.8, 4) is 11.5 Å². The third-order valence-electron chi connectivity index (χ3n) is 9.30. The van der Waals surface area contributed by atoms with Gasteiger partial charge in [0.1, 0.15) is 5.60 Å². The van der Waals surface area contributed by atoms with Gasteiger partial charge in [-0.1, -0.05) is 78.4 Å². The number of hydrogen-bond donors (Lipinski definition) is 2. The zero-order chi connectivity index (χ0) is 38.1. The van der Waals surface area contributed by atoms with Crippen molar-refractivity contribution in [2.24, 2.45) is 0 Å². The number of rotatable bonds is 11. The van der Waals surface area contributed by atoms with Crippen LogP contribution in [0.5, 0.6) is 11.5 Å². The van der Waals surface area contributed by atoms with Gasteiger partial charge in [-0.05, 0) is 100.0 Å². The van der Waals surface area contributed by atoms with Crippen molar-refractivity contribution in [2.45, 2.75) is 57.1 Å². The van der Waals surface area contributed by atoms with Crippen LogP contribution in [0.4, 0.5) is 0 Å². The summed E-state index contributed by atoms with van der Waals surface area (Å²) in [6, 6.07) is 24.9. The summed E-state index contributed by atoms with van der Waals surface area (Å²) in [7, 11) is 2.22. The lowest BCUT2D eigenvalue weighted by molar-refractivity contribution is -0.134.